The number of carbonyl (C=O) groups is 1. The lowest BCUT2D eigenvalue weighted by atomic mass is 10.1. The summed E-state index contributed by atoms with van der Waals surface area (Å²) in [6, 6.07) is 12.9. The summed E-state index contributed by atoms with van der Waals surface area (Å²) in [6.45, 7) is 0.833. The maximum atomic E-state index is 11.7. The van der Waals surface area contributed by atoms with E-state index in [1.54, 1.807) is 25.1 Å². The summed E-state index contributed by atoms with van der Waals surface area (Å²) in [4.78, 5) is 15.7. The van der Waals surface area contributed by atoms with Crippen molar-refractivity contribution in [3.05, 3.63) is 48.0 Å². The number of aryl methyl sites for hydroxylation is 1. The Labute approximate surface area is 172 Å². The number of nitrogens with zero attached hydrogens (tertiary/aromatic N) is 3. The van der Waals surface area contributed by atoms with Gasteiger partial charge in [0.25, 0.3) is 0 Å². The molecule has 2 aliphatic rings. The Hall–Kier alpha value is -2.55. The van der Waals surface area contributed by atoms with E-state index in [1.807, 2.05) is 41.3 Å². The largest absolute Gasteiger partial charge is 0.457 e. The molecule has 1 fully saturated rings. The number of carbonyl (C=O) groups excluding carboxylic acids is 1. The number of rotatable bonds is 5. The van der Waals surface area contributed by atoms with E-state index in [9.17, 15) is 13.9 Å². The van der Waals surface area contributed by atoms with Crippen LogP contribution in [0.3, 0.4) is 0 Å². The number of benzene rings is 2. The van der Waals surface area contributed by atoms with Crippen molar-refractivity contribution in [3.8, 4) is 11.5 Å². The highest BCUT2D eigenvalue weighted by atomic mass is 32.3. The maximum absolute atomic E-state index is 11.7. The molecule has 154 valence electrons. The van der Waals surface area contributed by atoms with E-state index < -0.39 is 10.8 Å². The fraction of sp³-hybridized carbons (Fsp3) is 0.333. The van der Waals surface area contributed by atoms with Crippen molar-refractivity contribution in [3.63, 3.8) is 0 Å². The van der Waals surface area contributed by atoms with Crippen LogP contribution in [-0.4, -0.2) is 46.4 Å². The molecular formula is C21H25N3O4S. The summed E-state index contributed by atoms with van der Waals surface area (Å²) in [5.74, 6) is 2.01. The van der Waals surface area contributed by atoms with Crippen LogP contribution in [0.15, 0.2) is 51.8 Å². The van der Waals surface area contributed by atoms with E-state index in [0.717, 1.165) is 36.5 Å². The molecule has 0 radical (unpaired) electrons. The van der Waals surface area contributed by atoms with Crippen molar-refractivity contribution in [1.82, 2.24) is 4.90 Å². The van der Waals surface area contributed by atoms with Crippen molar-refractivity contribution in [2.45, 2.75) is 30.6 Å². The fourth-order valence-electron chi connectivity index (χ4n) is 3.55. The highest BCUT2D eigenvalue weighted by Gasteiger charge is 2.34. The normalized spacial score (nSPS) is 17.8. The van der Waals surface area contributed by atoms with Gasteiger partial charge in [0, 0.05) is 39.5 Å². The Balaban J connectivity index is 1.48. The van der Waals surface area contributed by atoms with E-state index in [2.05, 4.69) is 4.40 Å². The molecule has 1 saturated heterocycles. The molecular weight excluding hydrogens is 390 g/mol. The van der Waals surface area contributed by atoms with Gasteiger partial charge in [0.2, 0.25) is 5.91 Å². The Kier molecular flexibility index (Phi) is 5.24. The van der Waals surface area contributed by atoms with Gasteiger partial charge in [-0.25, -0.2) is 0 Å². The quantitative estimate of drug-likeness (QED) is 0.749. The molecule has 2 aliphatic heterocycles. The number of amides is 1. The predicted octanol–water partition coefficient (Wildman–Crippen LogP) is 4.54. The van der Waals surface area contributed by atoms with Gasteiger partial charge < -0.3 is 14.5 Å². The minimum Gasteiger partial charge on any atom is -0.457 e. The van der Waals surface area contributed by atoms with Crippen LogP contribution in [0.4, 0.5) is 5.69 Å². The number of amidine groups is 1. The molecule has 0 spiro atoms. The van der Waals surface area contributed by atoms with Gasteiger partial charge in [0.15, 0.2) is 0 Å². The van der Waals surface area contributed by atoms with Crippen LogP contribution in [-0.2, 0) is 11.2 Å². The Bertz CT molecular complexity index is 957. The van der Waals surface area contributed by atoms with Crippen LogP contribution in [0.5, 0.6) is 11.5 Å². The predicted molar refractivity (Wildman–Crippen MR) is 115 cm³/mol. The van der Waals surface area contributed by atoms with Crippen molar-refractivity contribution in [2.24, 2.45) is 4.40 Å². The summed E-state index contributed by atoms with van der Waals surface area (Å²) in [6.07, 6.45) is 2.86. The first-order valence-corrected chi connectivity index (χ1v) is 11.1. The van der Waals surface area contributed by atoms with Crippen LogP contribution in [0.2, 0.25) is 0 Å². The molecule has 0 saturated carbocycles. The van der Waals surface area contributed by atoms with Crippen LogP contribution < -0.4 is 9.64 Å². The highest BCUT2D eigenvalue weighted by Crippen LogP contribution is 2.58. The first-order valence-electron chi connectivity index (χ1n) is 9.59. The zero-order valence-electron chi connectivity index (χ0n) is 16.5. The van der Waals surface area contributed by atoms with Crippen molar-refractivity contribution >= 4 is 28.2 Å². The smallest absolute Gasteiger partial charge is 0.222 e. The molecule has 2 aromatic rings. The van der Waals surface area contributed by atoms with Gasteiger partial charge >= 0.3 is 0 Å². The number of anilines is 1. The van der Waals surface area contributed by atoms with E-state index in [4.69, 9.17) is 4.74 Å². The minimum absolute atomic E-state index is 0.0993. The van der Waals surface area contributed by atoms with Gasteiger partial charge in [0.05, 0.1) is 5.69 Å². The van der Waals surface area contributed by atoms with Crippen molar-refractivity contribution in [1.29, 1.82) is 0 Å². The molecule has 1 amide bonds. The second kappa shape index (κ2) is 7.70. The molecule has 8 heteroatoms. The SMILES string of the molecule is CN(C)C(=O)CCc1ccc(Oc2ccc3c(c2)S(O)(O)N=C2CCCN23)cc1. The number of fused-ring (bicyclic) bond motifs is 3. The van der Waals surface area contributed by atoms with Gasteiger partial charge in [-0.15, -0.1) is 4.40 Å². The monoisotopic (exact) mass is 415 g/mol. The van der Waals surface area contributed by atoms with Crippen LogP contribution >= 0.6 is 10.8 Å². The summed E-state index contributed by atoms with van der Waals surface area (Å²) in [7, 11) is 0.296. The lowest BCUT2D eigenvalue weighted by Gasteiger charge is -2.37. The molecule has 2 aromatic carbocycles. The first kappa shape index (κ1) is 19.8. The topological polar surface area (TPSA) is 85.6 Å². The standard InChI is InChI=1S/C21H25N3O4S/c1-23(2)21(25)12-7-15-5-8-16(9-6-15)28-17-10-11-18-19(14-17)29(26,27)22-20-4-3-13-24(18)20/h5-6,8-11,14,26-27H,3-4,7,12-13H2,1-2H3. The zero-order valence-corrected chi connectivity index (χ0v) is 17.4. The van der Waals surface area contributed by atoms with Gasteiger partial charge in [-0.2, -0.15) is 0 Å². The van der Waals surface area contributed by atoms with E-state index in [-0.39, 0.29) is 5.91 Å². The van der Waals surface area contributed by atoms with E-state index in [1.165, 1.54) is 0 Å². The molecule has 29 heavy (non-hydrogen) atoms. The lowest BCUT2D eigenvalue weighted by Crippen LogP contribution is -2.29. The zero-order chi connectivity index (χ0) is 20.6. The second-order valence-corrected chi connectivity index (χ2v) is 9.11. The van der Waals surface area contributed by atoms with Gasteiger partial charge in [0.1, 0.15) is 22.2 Å². The van der Waals surface area contributed by atoms with Crippen LogP contribution in [0, 0.1) is 0 Å². The van der Waals surface area contributed by atoms with Crippen LogP contribution in [0.25, 0.3) is 0 Å². The number of ether oxygens (including phenoxy) is 1. The van der Waals surface area contributed by atoms with E-state index >= 15 is 0 Å². The number of hydrogen-bond acceptors (Lipinski definition) is 6. The first-order chi connectivity index (χ1) is 13.8. The fourth-order valence-corrected chi connectivity index (χ4v) is 4.86. The molecule has 2 N–H and O–H groups in total. The lowest BCUT2D eigenvalue weighted by molar-refractivity contribution is -0.128. The third kappa shape index (κ3) is 4.10. The number of hydrogen-bond donors (Lipinski definition) is 2. The third-order valence-corrected chi connectivity index (χ3v) is 6.51. The molecule has 4 rings (SSSR count). The maximum Gasteiger partial charge on any atom is 0.222 e. The van der Waals surface area contributed by atoms with Crippen LogP contribution in [0.1, 0.15) is 24.8 Å². The average molecular weight is 416 g/mol. The van der Waals surface area contributed by atoms with Crippen molar-refractivity contribution in [2.75, 3.05) is 25.5 Å². The Morgan fingerprint density at radius 3 is 2.62 bits per heavy atom. The summed E-state index contributed by atoms with van der Waals surface area (Å²) in [5, 5.41) is 0. The molecule has 7 nitrogen and oxygen atoms in total. The molecule has 2 heterocycles. The van der Waals surface area contributed by atoms with Gasteiger partial charge in [-0.3, -0.25) is 13.9 Å². The molecule has 0 aliphatic carbocycles. The van der Waals surface area contributed by atoms with E-state index in [0.29, 0.717) is 29.2 Å². The van der Waals surface area contributed by atoms with Crippen molar-refractivity contribution < 1.29 is 18.6 Å². The Morgan fingerprint density at radius 1 is 1.17 bits per heavy atom. The second-order valence-electron chi connectivity index (χ2n) is 7.45. The highest BCUT2D eigenvalue weighted by molar-refractivity contribution is 8.23. The average Bonchev–Trinajstić information content (AvgIpc) is 3.14. The Morgan fingerprint density at radius 2 is 1.90 bits per heavy atom. The minimum atomic E-state index is -3.21. The molecule has 0 atom stereocenters. The molecule has 0 bridgehead atoms. The summed E-state index contributed by atoms with van der Waals surface area (Å²) in [5.41, 5.74) is 1.85. The summed E-state index contributed by atoms with van der Waals surface area (Å²) < 4.78 is 31.1. The summed E-state index contributed by atoms with van der Waals surface area (Å²) >= 11 is 0. The third-order valence-electron chi connectivity index (χ3n) is 5.13. The molecule has 0 unspecified atom stereocenters. The van der Waals surface area contributed by atoms with Gasteiger partial charge in [-0.05, 0) is 42.7 Å². The van der Waals surface area contributed by atoms with Gasteiger partial charge in [-0.1, -0.05) is 22.9 Å². The molecule has 0 aromatic heterocycles.